The third kappa shape index (κ3) is 9.77. The molecule has 0 aromatic carbocycles. The maximum atomic E-state index is 14.3. The number of rotatable bonds is 11. The topological polar surface area (TPSA) is 141 Å². The standard InChI is InChI=1S/C46H70O12/c1-10-12-20-51-26-53-42-32(8)54-38(23-37(42)50-9)56-40-28(4)14-13-15-33-25-52-43-39(47)31(7)21-36(46(33,43)49)44(48)55-35-22-34(17-16-29(40)5)57-45(24-35)19-18-30(6)41(58-45)27(3)11-2/h13-16,18-19,21,27-28,30,32,34-43,47,49H,10-12,17,20,22-26H2,1-9H3/t27?,28?,30-,32-,34+,35-,36-,37-,38?,39+,40-,41+,42-,43+,45+,46+/m0/s1. The lowest BCUT2D eigenvalue weighted by atomic mass is 9.71. The predicted octanol–water partition coefficient (Wildman–Crippen LogP) is 6.64. The number of aliphatic hydroxyl groups excluding tert-OH is 1. The number of unbranched alkanes of at least 4 members (excludes halogenated alkanes) is 1. The van der Waals surface area contributed by atoms with E-state index in [1.807, 2.05) is 25.2 Å². The Labute approximate surface area is 345 Å². The summed E-state index contributed by atoms with van der Waals surface area (Å²) >= 11 is 0. The van der Waals surface area contributed by atoms with Gasteiger partial charge in [-0.2, -0.15) is 0 Å². The third-order valence-corrected chi connectivity index (χ3v) is 13.2. The van der Waals surface area contributed by atoms with Crippen molar-refractivity contribution in [2.24, 2.45) is 23.7 Å². The Morgan fingerprint density at radius 3 is 2.57 bits per heavy atom. The van der Waals surface area contributed by atoms with Gasteiger partial charge in [0.05, 0.1) is 37.1 Å². The molecule has 1 aliphatic carbocycles. The number of allylic oxidation sites excluding steroid dienone is 2. The van der Waals surface area contributed by atoms with Crippen LogP contribution >= 0.6 is 0 Å². The first kappa shape index (κ1) is 45.3. The van der Waals surface area contributed by atoms with Gasteiger partial charge in [0.15, 0.2) is 12.1 Å². The van der Waals surface area contributed by atoms with Crippen LogP contribution in [0.15, 0.2) is 59.3 Å². The van der Waals surface area contributed by atoms with Crippen LogP contribution in [-0.4, -0.2) is 116 Å². The van der Waals surface area contributed by atoms with Crippen LogP contribution in [0.1, 0.15) is 100 Å². The number of hydrogen-bond acceptors (Lipinski definition) is 12. The smallest absolute Gasteiger partial charge is 0.316 e. The number of hydrogen-bond donors (Lipinski definition) is 2. The molecule has 326 valence electrons. The second-order valence-corrected chi connectivity index (χ2v) is 17.6. The summed E-state index contributed by atoms with van der Waals surface area (Å²) in [7, 11) is 1.68. The molecule has 5 aliphatic heterocycles. The fourth-order valence-corrected chi connectivity index (χ4v) is 9.53. The monoisotopic (exact) mass is 814 g/mol. The molecular weight excluding hydrogens is 744 g/mol. The predicted molar refractivity (Wildman–Crippen MR) is 217 cm³/mol. The molecule has 3 saturated heterocycles. The number of carbonyl (C=O) groups is 1. The molecule has 58 heavy (non-hydrogen) atoms. The summed E-state index contributed by atoms with van der Waals surface area (Å²) in [5, 5.41) is 23.6. The quantitative estimate of drug-likeness (QED) is 0.100. The van der Waals surface area contributed by atoms with E-state index in [0.29, 0.717) is 43.4 Å². The lowest BCUT2D eigenvalue weighted by Crippen LogP contribution is -2.58. The Hall–Kier alpha value is -2.23. The average molecular weight is 815 g/mol. The van der Waals surface area contributed by atoms with Gasteiger partial charge in [0.1, 0.15) is 42.7 Å². The van der Waals surface area contributed by atoms with E-state index in [4.69, 9.17) is 42.6 Å². The van der Waals surface area contributed by atoms with Crippen molar-refractivity contribution < 1.29 is 57.6 Å². The maximum absolute atomic E-state index is 14.3. The summed E-state index contributed by atoms with van der Waals surface area (Å²) in [6.07, 6.45) is 13.4. The molecule has 3 unspecified atom stereocenters. The number of carbonyl (C=O) groups excluding carboxylic acids is 1. The first-order valence-electron chi connectivity index (χ1n) is 21.8. The number of methoxy groups -OCH3 is 1. The van der Waals surface area contributed by atoms with E-state index in [-0.39, 0.29) is 61.7 Å². The van der Waals surface area contributed by atoms with Crippen LogP contribution in [0.3, 0.4) is 0 Å². The first-order valence-corrected chi connectivity index (χ1v) is 21.8. The normalized spacial score (nSPS) is 42.6. The minimum absolute atomic E-state index is 0.0517. The van der Waals surface area contributed by atoms with E-state index >= 15 is 0 Å². The zero-order chi connectivity index (χ0) is 41.8. The average Bonchev–Trinajstić information content (AvgIpc) is 3.54. The summed E-state index contributed by atoms with van der Waals surface area (Å²) < 4.78 is 57.2. The molecule has 0 saturated carbocycles. The maximum Gasteiger partial charge on any atom is 0.316 e. The molecular formula is C46H70O12. The Kier molecular flexibility index (Phi) is 15.3. The SMILES string of the molecule is CCCCOCO[C@H]1[C@H](C)OC(O[C@@H]2C(C)=CC[C@@H]3C[C@@H](C[C@]4(C=C[C@H](C)[C@@H](C(C)CC)O4)O3)OC(=O)[C@@H]3C=C(C)[C@@H](O)[C@H]4OCC(=CC=CC2C)[C@]43O)C[C@@H]1OC. The van der Waals surface area contributed by atoms with Gasteiger partial charge in [-0.25, -0.2) is 0 Å². The molecule has 2 bridgehead atoms. The molecule has 0 amide bonds. The van der Waals surface area contributed by atoms with Crippen molar-refractivity contribution >= 4 is 5.97 Å². The molecule has 0 aromatic heterocycles. The van der Waals surface area contributed by atoms with Gasteiger partial charge in [0.2, 0.25) is 0 Å². The van der Waals surface area contributed by atoms with E-state index < -0.39 is 54.0 Å². The Balaban J connectivity index is 1.32. The van der Waals surface area contributed by atoms with Crippen molar-refractivity contribution in [1.82, 2.24) is 0 Å². The van der Waals surface area contributed by atoms with Crippen LogP contribution < -0.4 is 0 Å². The second-order valence-electron chi connectivity index (χ2n) is 17.6. The first-order chi connectivity index (χ1) is 27.7. The van der Waals surface area contributed by atoms with Crippen LogP contribution in [0.4, 0.5) is 0 Å². The zero-order valence-corrected chi connectivity index (χ0v) is 36.2. The highest BCUT2D eigenvalue weighted by molar-refractivity contribution is 5.78. The summed E-state index contributed by atoms with van der Waals surface area (Å²) in [5.74, 6) is -2.43. The van der Waals surface area contributed by atoms with Gasteiger partial charge >= 0.3 is 5.97 Å². The lowest BCUT2D eigenvalue weighted by molar-refractivity contribution is -0.300. The van der Waals surface area contributed by atoms with Crippen molar-refractivity contribution in [2.75, 3.05) is 27.1 Å². The van der Waals surface area contributed by atoms with Crippen molar-refractivity contribution in [2.45, 2.75) is 173 Å². The highest BCUT2D eigenvalue weighted by Crippen LogP contribution is 2.47. The largest absolute Gasteiger partial charge is 0.462 e. The Bertz CT molecular complexity index is 1550. The summed E-state index contributed by atoms with van der Waals surface area (Å²) in [4.78, 5) is 14.3. The number of ether oxygens (including phenoxy) is 9. The molecule has 0 aromatic rings. The second kappa shape index (κ2) is 19.6. The van der Waals surface area contributed by atoms with E-state index in [2.05, 4.69) is 53.7 Å². The van der Waals surface area contributed by atoms with Crippen molar-refractivity contribution in [3.05, 3.63) is 59.3 Å². The minimum Gasteiger partial charge on any atom is -0.462 e. The molecule has 0 radical (unpaired) electrons. The van der Waals surface area contributed by atoms with E-state index in [0.717, 1.165) is 24.8 Å². The van der Waals surface area contributed by atoms with Crippen LogP contribution in [0.25, 0.3) is 0 Å². The summed E-state index contributed by atoms with van der Waals surface area (Å²) in [5.41, 5.74) is 0.223. The van der Waals surface area contributed by atoms with Gasteiger partial charge in [-0.3, -0.25) is 4.79 Å². The molecule has 6 aliphatic rings. The summed E-state index contributed by atoms with van der Waals surface area (Å²) in [6.45, 7) is 17.4. The van der Waals surface area contributed by atoms with Gasteiger partial charge in [0, 0.05) is 44.8 Å². The molecule has 12 heteroatoms. The fourth-order valence-electron chi connectivity index (χ4n) is 9.53. The number of esters is 1. The van der Waals surface area contributed by atoms with Gasteiger partial charge in [-0.1, -0.05) is 83.9 Å². The Morgan fingerprint density at radius 2 is 1.83 bits per heavy atom. The van der Waals surface area contributed by atoms with Crippen molar-refractivity contribution in [3.63, 3.8) is 0 Å². The van der Waals surface area contributed by atoms with E-state index in [1.165, 1.54) is 0 Å². The Morgan fingerprint density at radius 1 is 1.03 bits per heavy atom. The number of aliphatic hydroxyl groups is 2. The van der Waals surface area contributed by atoms with Crippen molar-refractivity contribution in [3.8, 4) is 0 Å². The number of fused-ring (bicyclic) bond motifs is 2. The van der Waals surface area contributed by atoms with Crippen LogP contribution in [0.2, 0.25) is 0 Å². The minimum atomic E-state index is -1.81. The highest BCUT2D eigenvalue weighted by atomic mass is 16.7. The molecule has 3 fully saturated rings. The van der Waals surface area contributed by atoms with Gasteiger partial charge in [-0.05, 0) is 62.3 Å². The molecule has 5 heterocycles. The fraction of sp³-hybridized carbons (Fsp3) is 0.761. The summed E-state index contributed by atoms with van der Waals surface area (Å²) in [6, 6.07) is 0. The lowest BCUT2D eigenvalue weighted by Gasteiger charge is -2.48. The molecule has 1 spiro atoms. The van der Waals surface area contributed by atoms with E-state index in [1.54, 1.807) is 26.2 Å². The van der Waals surface area contributed by atoms with Gasteiger partial charge < -0.3 is 52.8 Å². The molecule has 2 N–H and O–H groups in total. The molecule has 12 nitrogen and oxygen atoms in total. The zero-order valence-electron chi connectivity index (χ0n) is 36.2. The van der Waals surface area contributed by atoms with Crippen molar-refractivity contribution in [1.29, 1.82) is 0 Å². The molecule has 6 rings (SSSR count). The van der Waals surface area contributed by atoms with Crippen LogP contribution in [0, 0.1) is 23.7 Å². The third-order valence-electron chi connectivity index (χ3n) is 13.2. The van der Waals surface area contributed by atoms with E-state index in [9.17, 15) is 15.0 Å². The van der Waals surface area contributed by atoms with Gasteiger partial charge in [0.25, 0.3) is 0 Å². The van der Waals surface area contributed by atoms with Gasteiger partial charge in [-0.15, -0.1) is 0 Å². The van der Waals surface area contributed by atoms with Crippen LogP contribution in [0.5, 0.6) is 0 Å². The molecule has 16 atom stereocenters. The highest BCUT2D eigenvalue weighted by Gasteiger charge is 2.60. The van der Waals surface area contributed by atoms with Crippen LogP contribution in [-0.2, 0) is 47.4 Å².